The maximum atomic E-state index is 9.66. The molecule has 0 saturated heterocycles. The van der Waals surface area contributed by atoms with Gasteiger partial charge in [0.05, 0.1) is 0 Å². The van der Waals surface area contributed by atoms with Crippen LogP contribution in [0.25, 0.3) is 0 Å². The SMILES string of the molecule is CC(C)(C)c1cc(O)c(O)cc1Sc1ncccn1. The van der Waals surface area contributed by atoms with E-state index in [1.165, 1.54) is 11.8 Å². The van der Waals surface area contributed by atoms with Crippen molar-refractivity contribution in [2.24, 2.45) is 0 Å². The molecule has 0 fully saturated rings. The van der Waals surface area contributed by atoms with Crippen molar-refractivity contribution < 1.29 is 10.2 Å². The summed E-state index contributed by atoms with van der Waals surface area (Å²) in [6, 6.07) is 4.90. The molecule has 0 amide bonds. The molecule has 0 bridgehead atoms. The molecule has 1 aromatic heterocycles. The van der Waals surface area contributed by atoms with Gasteiger partial charge in [-0.15, -0.1) is 0 Å². The zero-order valence-electron chi connectivity index (χ0n) is 11.1. The van der Waals surface area contributed by atoms with Crippen LogP contribution in [0.2, 0.25) is 0 Å². The van der Waals surface area contributed by atoms with Crippen molar-refractivity contribution >= 4 is 11.8 Å². The third kappa shape index (κ3) is 3.17. The number of rotatable bonds is 2. The van der Waals surface area contributed by atoms with Crippen molar-refractivity contribution in [3.05, 3.63) is 36.2 Å². The van der Waals surface area contributed by atoms with E-state index in [1.807, 2.05) is 0 Å². The molecule has 0 spiro atoms. The maximum absolute atomic E-state index is 9.66. The summed E-state index contributed by atoms with van der Waals surface area (Å²) in [6.07, 6.45) is 3.35. The van der Waals surface area contributed by atoms with Crippen molar-refractivity contribution in [2.75, 3.05) is 0 Å². The molecule has 2 rings (SSSR count). The summed E-state index contributed by atoms with van der Waals surface area (Å²) in [5.74, 6) is -0.241. The molecule has 4 nitrogen and oxygen atoms in total. The fraction of sp³-hybridized carbons (Fsp3) is 0.286. The molecule has 19 heavy (non-hydrogen) atoms. The highest BCUT2D eigenvalue weighted by molar-refractivity contribution is 7.99. The first-order valence-corrected chi connectivity index (χ1v) is 6.71. The Morgan fingerprint density at radius 3 is 2.16 bits per heavy atom. The number of hydrogen-bond acceptors (Lipinski definition) is 5. The van der Waals surface area contributed by atoms with Gasteiger partial charge < -0.3 is 10.2 Å². The van der Waals surface area contributed by atoms with Crippen LogP contribution in [0, 0.1) is 0 Å². The van der Waals surface area contributed by atoms with E-state index in [9.17, 15) is 10.2 Å². The molecule has 1 heterocycles. The monoisotopic (exact) mass is 276 g/mol. The quantitative estimate of drug-likeness (QED) is 0.650. The third-order valence-electron chi connectivity index (χ3n) is 2.63. The summed E-state index contributed by atoms with van der Waals surface area (Å²) >= 11 is 1.37. The number of aromatic nitrogens is 2. The van der Waals surface area contributed by atoms with Crippen LogP contribution in [0.4, 0.5) is 0 Å². The average molecular weight is 276 g/mol. The minimum absolute atomic E-state index is 0.108. The van der Waals surface area contributed by atoms with E-state index in [0.29, 0.717) is 5.16 Å². The molecule has 0 aliphatic rings. The smallest absolute Gasteiger partial charge is 0.192 e. The van der Waals surface area contributed by atoms with Gasteiger partial charge in [-0.25, -0.2) is 9.97 Å². The minimum Gasteiger partial charge on any atom is -0.504 e. The Hall–Kier alpha value is -1.75. The fourth-order valence-corrected chi connectivity index (χ4v) is 2.73. The predicted molar refractivity (Wildman–Crippen MR) is 74.6 cm³/mol. The van der Waals surface area contributed by atoms with Crippen LogP contribution in [-0.4, -0.2) is 20.2 Å². The van der Waals surface area contributed by atoms with E-state index in [-0.39, 0.29) is 16.9 Å². The van der Waals surface area contributed by atoms with E-state index in [2.05, 4.69) is 30.7 Å². The molecule has 0 aliphatic carbocycles. The lowest BCUT2D eigenvalue weighted by Gasteiger charge is -2.22. The van der Waals surface area contributed by atoms with Gasteiger partial charge in [0.2, 0.25) is 0 Å². The number of hydrogen-bond donors (Lipinski definition) is 2. The molecular formula is C14H16N2O2S. The van der Waals surface area contributed by atoms with Crippen LogP contribution in [0.5, 0.6) is 11.5 Å². The summed E-state index contributed by atoms with van der Waals surface area (Å²) in [7, 11) is 0. The Bertz CT molecular complexity index is 580. The van der Waals surface area contributed by atoms with Gasteiger partial charge in [0.25, 0.3) is 0 Å². The van der Waals surface area contributed by atoms with E-state index >= 15 is 0 Å². The van der Waals surface area contributed by atoms with Gasteiger partial charge in [-0.3, -0.25) is 0 Å². The standard InChI is InChI=1S/C14H16N2O2S/c1-14(2,3)9-7-10(17)11(18)8-12(9)19-13-15-5-4-6-16-13/h4-8,17-18H,1-3H3. The highest BCUT2D eigenvalue weighted by Crippen LogP contribution is 2.41. The van der Waals surface area contributed by atoms with E-state index in [0.717, 1.165) is 10.5 Å². The van der Waals surface area contributed by atoms with Gasteiger partial charge in [-0.1, -0.05) is 20.8 Å². The highest BCUT2D eigenvalue weighted by atomic mass is 32.2. The van der Waals surface area contributed by atoms with Crippen LogP contribution in [0.3, 0.4) is 0 Å². The second kappa shape index (κ2) is 5.09. The lowest BCUT2D eigenvalue weighted by atomic mass is 9.87. The zero-order valence-corrected chi connectivity index (χ0v) is 11.9. The molecule has 5 heteroatoms. The molecule has 0 atom stereocenters. The van der Waals surface area contributed by atoms with Crippen molar-refractivity contribution in [1.29, 1.82) is 0 Å². The lowest BCUT2D eigenvalue weighted by molar-refractivity contribution is 0.399. The average Bonchev–Trinajstić information content (AvgIpc) is 2.33. The summed E-state index contributed by atoms with van der Waals surface area (Å²) < 4.78 is 0. The first kappa shape index (κ1) is 13.7. The number of aromatic hydroxyl groups is 2. The van der Waals surface area contributed by atoms with E-state index < -0.39 is 0 Å². The summed E-state index contributed by atoms with van der Waals surface area (Å²) in [6.45, 7) is 6.15. The van der Waals surface area contributed by atoms with Crippen molar-refractivity contribution in [3.63, 3.8) is 0 Å². The molecule has 2 aromatic rings. The number of phenolic OH excluding ortho intramolecular Hbond substituents is 2. The van der Waals surface area contributed by atoms with Gasteiger partial charge in [-0.2, -0.15) is 0 Å². The number of benzene rings is 1. The molecule has 0 radical (unpaired) electrons. The molecule has 1 aromatic carbocycles. The molecular weight excluding hydrogens is 260 g/mol. The molecule has 0 aliphatic heterocycles. The van der Waals surface area contributed by atoms with Gasteiger partial charge >= 0.3 is 0 Å². The Morgan fingerprint density at radius 1 is 1.00 bits per heavy atom. The minimum atomic E-state index is -0.151. The summed E-state index contributed by atoms with van der Waals surface area (Å²) in [5, 5.41) is 19.9. The lowest BCUT2D eigenvalue weighted by Crippen LogP contribution is -2.12. The Morgan fingerprint density at radius 2 is 1.58 bits per heavy atom. The number of nitrogens with zero attached hydrogens (tertiary/aromatic N) is 2. The Balaban J connectivity index is 2.47. The second-order valence-electron chi connectivity index (χ2n) is 5.22. The van der Waals surface area contributed by atoms with Gasteiger partial charge in [0.1, 0.15) is 0 Å². The number of phenols is 2. The van der Waals surface area contributed by atoms with Crippen LogP contribution in [0.15, 0.2) is 40.6 Å². The second-order valence-corrected chi connectivity index (χ2v) is 6.23. The molecule has 0 saturated carbocycles. The maximum Gasteiger partial charge on any atom is 0.192 e. The molecule has 100 valence electrons. The Labute approximate surface area is 116 Å². The van der Waals surface area contributed by atoms with Crippen molar-refractivity contribution in [3.8, 4) is 11.5 Å². The van der Waals surface area contributed by atoms with Gasteiger partial charge in [-0.05, 0) is 40.9 Å². The van der Waals surface area contributed by atoms with E-state index in [1.54, 1.807) is 30.6 Å². The van der Waals surface area contributed by atoms with Crippen LogP contribution in [-0.2, 0) is 5.41 Å². The highest BCUT2D eigenvalue weighted by Gasteiger charge is 2.21. The topological polar surface area (TPSA) is 66.2 Å². The van der Waals surface area contributed by atoms with Gasteiger partial charge in [0, 0.05) is 17.3 Å². The summed E-state index contributed by atoms with van der Waals surface area (Å²) in [5.41, 5.74) is 0.794. The summed E-state index contributed by atoms with van der Waals surface area (Å²) in [4.78, 5) is 9.16. The first-order valence-electron chi connectivity index (χ1n) is 5.89. The normalized spacial score (nSPS) is 11.5. The zero-order chi connectivity index (χ0) is 14.0. The van der Waals surface area contributed by atoms with Crippen molar-refractivity contribution in [2.45, 2.75) is 36.2 Å². The van der Waals surface area contributed by atoms with Crippen molar-refractivity contribution in [1.82, 2.24) is 9.97 Å². The van der Waals surface area contributed by atoms with Gasteiger partial charge in [0.15, 0.2) is 16.7 Å². The third-order valence-corrected chi connectivity index (χ3v) is 3.58. The Kier molecular flexibility index (Phi) is 3.66. The van der Waals surface area contributed by atoms with E-state index in [4.69, 9.17) is 0 Å². The fourth-order valence-electron chi connectivity index (χ4n) is 1.66. The van der Waals surface area contributed by atoms with Crippen LogP contribution >= 0.6 is 11.8 Å². The first-order chi connectivity index (χ1) is 8.88. The predicted octanol–water partition coefficient (Wildman–Crippen LogP) is 3.34. The van der Waals surface area contributed by atoms with Crippen LogP contribution in [0.1, 0.15) is 26.3 Å². The van der Waals surface area contributed by atoms with Crippen LogP contribution < -0.4 is 0 Å². The largest absolute Gasteiger partial charge is 0.504 e. The molecule has 2 N–H and O–H groups in total. The molecule has 0 unspecified atom stereocenters.